The molecule has 1 amide bonds. The minimum Gasteiger partial charge on any atom is -0.507 e. The number of carbonyl (C=O) groups excluding carboxylic acids is 1. The largest absolute Gasteiger partial charge is 0.507 e. The van der Waals surface area contributed by atoms with Crippen LogP contribution in [0.5, 0.6) is 5.75 Å². The number of phenols is 1. The summed E-state index contributed by atoms with van der Waals surface area (Å²) in [4.78, 5) is 12.2. The Hall–Kier alpha value is -2.65. The molecule has 3 aromatic rings. The first-order valence-corrected chi connectivity index (χ1v) is 11.9. The van der Waals surface area contributed by atoms with E-state index in [4.69, 9.17) is 0 Å². The molecule has 0 unspecified atom stereocenters. The van der Waals surface area contributed by atoms with E-state index in [9.17, 15) is 9.90 Å². The third-order valence-corrected chi connectivity index (χ3v) is 6.22. The Balaban J connectivity index is 1.63. The monoisotopic (exact) mass is 515 g/mol. The van der Waals surface area contributed by atoms with Crippen molar-refractivity contribution in [2.45, 2.75) is 44.8 Å². The van der Waals surface area contributed by atoms with Crippen molar-refractivity contribution in [2.75, 3.05) is 5.75 Å². The van der Waals surface area contributed by atoms with E-state index < -0.39 is 0 Å². The Bertz CT molecular complexity index is 1120. The van der Waals surface area contributed by atoms with Gasteiger partial charge in [-0.15, -0.1) is 10.2 Å². The first-order valence-electron chi connectivity index (χ1n) is 10.2. The van der Waals surface area contributed by atoms with Gasteiger partial charge in [0.1, 0.15) is 5.75 Å². The lowest BCUT2D eigenvalue weighted by Crippen LogP contribution is -2.20. The number of thioether (sulfide) groups is 1. The van der Waals surface area contributed by atoms with E-state index in [1.54, 1.807) is 18.2 Å². The van der Waals surface area contributed by atoms with Crippen molar-refractivity contribution in [3.8, 4) is 17.1 Å². The number of nitrogens with one attached hydrogen (secondary N) is 1. The highest BCUT2D eigenvalue weighted by Gasteiger charge is 2.17. The summed E-state index contributed by atoms with van der Waals surface area (Å²) in [5.74, 6) is 0.726. The fourth-order valence-corrected chi connectivity index (χ4v) is 4.15. The molecule has 32 heavy (non-hydrogen) atoms. The summed E-state index contributed by atoms with van der Waals surface area (Å²) < 4.78 is 2.80. The first-order chi connectivity index (χ1) is 15.2. The van der Waals surface area contributed by atoms with Crippen LogP contribution in [0.15, 0.2) is 57.2 Å². The van der Waals surface area contributed by atoms with Crippen LogP contribution in [0, 0.1) is 0 Å². The van der Waals surface area contributed by atoms with Gasteiger partial charge in [-0.1, -0.05) is 72.7 Å². The van der Waals surface area contributed by atoms with Crippen molar-refractivity contribution < 1.29 is 9.90 Å². The highest BCUT2D eigenvalue weighted by Crippen LogP contribution is 2.27. The molecule has 0 saturated heterocycles. The first kappa shape index (κ1) is 24.0. The molecular weight excluding hydrogens is 490 g/mol. The van der Waals surface area contributed by atoms with Crippen molar-refractivity contribution in [2.24, 2.45) is 5.10 Å². The smallest absolute Gasteiger partial charge is 0.250 e. The maximum absolute atomic E-state index is 12.2. The minimum atomic E-state index is -0.275. The molecule has 2 N–H and O–H groups in total. The number of hydrogen-bond acceptors (Lipinski definition) is 6. The van der Waals surface area contributed by atoms with Crippen LogP contribution in [0.3, 0.4) is 0 Å². The van der Waals surface area contributed by atoms with E-state index >= 15 is 0 Å². The van der Waals surface area contributed by atoms with E-state index in [2.05, 4.69) is 81.7 Å². The Labute approximate surface area is 200 Å². The number of hydrogen-bond donors (Lipinski definition) is 2. The molecule has 0 fully saturated rings. The zero-order chi connectivity index (χ0) is 23.3. The molecule has 3 rings (SSSR count). The quantitative estimate of drug-likeness (QED) is 0.263. The fraction of sp³-hybridized carbons (Fsp3) is 0.304. The molecule has 0 aliphatic carbocycles. The van der Waals surface area contributed by atoms with E-state index in [1.807, 2.05) is 11.5 Å². The van der Waals surface area contributed by atoms with Crippen LogP contribution in [0.1, 0.15) is 38.8 Å². The number of amides is 1. The molecule has 9 heteroatoms. The number of aromatic hydroxyl groups is 1. The zero-order valence-electron chi connectivity index (χ0n) is 18.5. The zero-order valence-corrected chi connectivity index (χ0v) is 20.9. The van der Waals surface area contributed by atoms with Crippen molar-refractivity contribution in [3.63, 3.8) is 0 Å². The Morgan fingerprint density at radius 3 is 2.59 bits per heavy atom. The molecular formula is C23H26BrN5O2S. The van der Waals surface area contributed by atoms with Crippen LogP contribution in [0.4, 0.5) is 0 Å². The average Bonchev–Trinajstić information content (AvgIpc) is 3.17. The molecule has 0 spiro atoms. The summed E-state index contributed by atoms with van der Waals surface area (Å²) in [6, 6.07) is 13.3. The van der Waals surface area contributed by atoms with Gasteiger partial charge in [0.05, 0.1) is 12.0 Å². The van der Waals surface area contributed by atoms with Crippen LogP contribution in [0.2, 0.25) is 0 Å². The Morgan fingerprint density at radius 2 is 1.94 bits per heavy atom. The number of carbonyl (C=O) groups is 1. The van der Waals surface area contributed by atoms with Crippen molar-refractivity contribution in [3.05, 3.63) is 58.1 Å². The average molecular weight is 516 g/mol. The summed E-state index contributed by atoms with van der Waals surface area (Å²) in [6.45, 7) is 9.26. The summed E-state index contributed by atoms with van der Waals surface area (Å²) in [5, 5.41) is 23.0. The normalized spacial score (nSPS) is 11.8. The van der Waals surface area contributed by atoms with Crippen LogP contribution in [-0.4, -0.2) is 37.7 Å². The molecule has 0 bridgehead atoms. The van der Waals surface area contributed by atoms with Crippen LogP contribution >= 0.6 is 27.7 Å². The van der Waals surface area contributed by atoms with Gasteiger partial charge >= 0.3 is 0 Å². The molecule has 0 aliphatic heterocycles. The second kappa shape index (κ2) is 10.3. The summed E-state index contributed by atoms with van der Waals surface area (Å²) in [6.07, 6.45) is 1.40. The van der Waals surface area contributed by atoms with E-state index in [-0.39, 0.29) is 22.8 Å². The Morgan fingerprint density at radius 1 is 1.22 bits per heavy atom. The number of rotatable bonds is 7. The fourth-order valence-electron chi connectivity index (χ4n) is 2.98. The molecule has 2 aromatic carbocycles. The lowest BCUT2D eigenvalue weighted by atomic mass is 9.87. The third kappa shape index (κ3) is 5.98. The van der Waals surface area contributed by atoms with E-state index in [0.29, 0.717) is 17.3 Å². The van der Waals surface area contributed by atoms with Crippen molar-refractivity contribution in [1.82, 2.24) is 20.2 Å². The Kier molecular flexibility index (Phi) is 7.73. The molecule has 1 aromatic heterocycles. The number of hydrazone groups is 1. The van der Waals surface area contributed by atoms with Gasteiger partial charge < -0.3 is 9.67 Å². The maximum Gasteiger partial charge on any atom is 0.250 e. The highest BCUT2D eigenvalue weighted by atomic mass is 79.9. The SMILES string of the molecule is CCn1c(SCC(=O)NN=Cc2cc(Br)ccc2O)nnc1-c1ccc(C(C)(C)C)cc1. The summed E-state index contributed by atoms with van der Waals surface area (Å²) in [7, 11) is 0. The van der Waals surface area contributed by atoms with Crippen molar-refractivity contribution >= 4 is 39.8 Å². The summed E-state index contributed by atoms with van der Waals surface area (Å²) >= 11 is 4.63. The van der Waals surface area contributed by atoms with Gasteiger partial charge in [0.2, 0.25) is 0 Å². The van der Waals surface area contributed by atoms with Gasteiger partial charge in [0.15, 0.2) is 11.0 Å². The molecule has 0 aliphatic rings. The maximum atomic E-state index is 12.2. The topological polar surface area (TPSA) is 92.4 Å². The second-order valence-corrected chi connectivity index (χ2v) is 10.0. The van der Waals surface area contributed by atoms with E-state index in [0.717, 1.165) is 15.9 Å². The highest BCUT2D eigenvalue weighted by molar-refractivity contribution is 9.10. The van der Waals surface area contributed by atoms with Gasteiger partial charge in [-0.25, -0.2) is 5.43 Å². The number of phenolic OH excluding ortho intramolecular Hbond substituents is 1. The second-order valence-electron chi connectivity index (χ2n) is 8.16. The minimum absolute atomic E-state index is 0.0830. The van der Waals surface area contributed by atoms with Crippen LogP contribution in [0.25, 0.3) is 11.4 Å². The van der Waals surface area contributed by atoms with Gasteiger partial charge in [0.25, 0.3) is 5.91 Å². The van der Waals surface area contributed by atoms with Gasteiger partial charge in [0, 0.05) is 22.1 Å². The third-order valence-electron chi connectivity index (χ3n) is 4.76. The predicted molar refractivity (Wildman–Crippen MR) is 132 cm³/mol. The van der Waals surface area contributed by atoms with Crippen molar-refractivity contribution in [1.29, 1.82) is 0 Å². The number of benzene rings is 2. The number of nitrogens with zero attached hydrogens (tertiary/aromatic N) is 4. The molecule has 1 heterocycles. The molecule has 168 valence electrons. The standard InChI is InChI=1S/C23H26BrN5O2S/c1-5-29-21(15-6-8-17(9-7-15)23(2,3)4)27-28-22(29)32-14-20(31)26-25-13-16-12-18(24)10-11-19(16)30/h6-13,30H,5,14H2,1-4H3,(H,26,31). The lowest BCUT2D eigenvalue weighted by Gasteiger charge is -2.19. The lowest BCUT2D eigenvalue weighted by molar-refractivity contribution is -0.118. The number of aromatic nitrogens is 3. The van der Waals surface area contributed by atoms with E-state index in [1.165, 1.54) is 23.5 Å². The van der Waals surface area contributed by atoms with Gasteiger partial charge in [-0.3, -0.25) is 4.79 Å². The molecule has 0 atom stereocenters. The molecule has 7 nitrogen and oxygen atoms in total. The van der Waals surface area contributed by atoms with Gasteiger partial charge in [-0.05, 0) is 36.1 Å². The van der Waals surface area contributed by atoms with Crippen LogP contribution in [-0.2, 0) is 16.8 Å². The molecule has 0 saturated carbocycles. The van der Waals surface area contributed by atoms with Gasteiger partial charge in [-0.2, -0.15) is 5.10 Å². The number of halogens is 1. The molecule has 0 radical (unpaired) electrons. The summed E-state index contributed by atoms with van der Waals surface area (Å²) in [5.41, 5.74) is 5.30. The van der Waals surface area contributed by atoms with Crippen LogP contribution < -0.4 is 5.43 Å². The predicted octanol–water partition coefficient (Wildman–Crippen LogP) is 4.97.